The van der Waals surface area contributed by atoms with Crippen LogP contribution in [0.2, 0.25) is 0 Å². The maximum absolute atomic E-state index is 13.1. The van der Waals surface area contributed by atoms with Gasteiger partial charge in [-0.15, -0.1) is 0 Å². The molecule has 0 spiro atoms. The molecule has 0 aliphatic carbocycles. The molecule has 0 radical (unpaired) electrons. The second-order valence-corrected chi connectivity index (χ2v) is 8.82. The molecule has 1 atom stereocenters. The highest BCUT2D eigenvalue weighted by Crippen LogP contribution is 2.24. The summed E-state index contributed by atoms with van der Waals surface area (Å²) in [6.45, 7) is 3.71. The summed E-state index contributed by atoms with van der Waals surface area (Å²) in [5.74, 6) is 0.879. The number of hydrogen-bond donors (Lipinski definition) is 1. The summed E-state index contributed by atoms with van der Waals surface area (Å²) in [5, 5.41) is 2.74. The molecule has 0 saturated carbocycles. The summed E-state index contributed by atoms with van der Waals surface area (Å²) in [6, 6.07) is 21.9. The van der Waals surface area contributed by atoms with Crippen molar-refractivity contribution in [3.05, 3.63) is 78.9 Å². The van der Waals surface area contributed by atoms with Crippen LogP contribution in [0.1, 0.15) is 13.8 Å². The largest absolute Gasteiger partial charge is 0.497 e. The van der Waals surface area contributed by atoms with Crippen LogP contribution in [0.5, 0.6) is 11.5 Å². The fourth-order valence-corrected chi connectivity index (χ4v) is 4.55. The predicted octanol–water partition coefficient (Wildman–Crippen LogP) is 4.32. The first kappa shape index (κ1) is 23.1. The van der Waals surface area contributed by atoms with Crippen molar-refractivity contribution >= 4 is 27.3 Å². The zero-order valence-corrected chi connectivity index (χ0v) is 19.0. The van der Waals surface area contributed by atoms with Gasteiger partial charge in [0.2, 0.25) is 0 Å². The van der Waals surface area contributed by atoms with Crippen LogP contribution in [-0.4, -0.2) is 34.1 Å². The molecule has 168 valence electrons. The fourth-order valence-electron chi connectivity index (χ4n) is 3.08. The molecule has 3 aromatic carbocycles. The van der Waals surface area contributed by atoms with Gasteiger partial charge in [0, 0.05) is 12.2 Å². The number of sulfonamides is 1. The third-order valence-corrected chi connectivity index (χ3v) is 6.70. The van der Waals surface area contributed by atoms with Gasteiger partial charge in [-0.2, -0.15) is 0 Å². The van der Waals surface area contributed by atoms with E-state index in [1.807, 2.05) is 6.07 Å². The van der Waals surface area contributed by atoms with Gasteiger partial charge in [0.15, 0.2) is 6.10 Å². The fraction of sp³-hybridized carbons (Fsp3) is 0.208. The van der Waals surface area contributed by atoms with Gasteiger partial charge >= 0.3 is 0 Å². The van der Waals surface area contributed by atoms with Crippen molar-refractivity contribution in [1.29, 1.82) is 0 Å². The summed E-state index contributed by atoms with van der Waals surface area (Å²) in [4.78, 5) is 12.6. The lowest BCUT2D eigenvalue weighted by Gasteiger charge is -2.23. The van der Waals surface area contributed by atoms with E-state index in [9.17, 15) is 13.2 Å². The van der Waals surface area contributed by atoms with E-state index >= 15 is 0 Å². The monoisotopic (exact) mass is 454 g/mol. The lowest BCUT2D eigenvalue weighted by molar-refractivity contribution is -0.122. The van der Waals surface area contributed by atoms with Gasteiger partial charge < -0.3 is 14.8 Å². The number of para-hydroxylation sites is 1. The van der Waals surface area contributed by atoms with E-state index in [0.29, 0.717) is 29.4 Å². The van der Waals surface area contributed by atoms with E-state index in [2.05, 4.69) is 5.32 Å². The topological polar surface area (TPSA) is 84.9 Å². The van der Waals surface area contributed by atoms with Gasteiger partial charge in [0.25, 0.3) is 15.9 Å². The normalized spacial score (nSPS) is 12.0. The Labute approximate surface area is 188 Å². The number of nitrogens with zero attached hydrogens (tertiary/aromatic N) is 1. The number of ether oxygens (including phenoxy) is 2. The number of methoxy groups -OCH3 is 1. The van der Waals surface area contributed by atoms with Crippen molar-refractivity contribution in [1.82, 2.24) is 0 Å². The molecule has 1 N–H and O–H groups in total. The molecule has 0 aliphatic heterocycles. The van der Waals surface area contributed by atoms with Gasteiger partial charge in [-0.3, -0.25) is 9.10 Å². The van der Waals surface area contributed by atoms with E-state index in [1.165, 1.54) is 16.4 Å². The van der Waals surface area contributed by atoms with E-state index in [0.717, 1.165) is 0 Å². The van der Waals surface area contributed by atoms with Crippen molar-refractivity contribution in [2.45, 2.75) is 24.8 Å². The summed E-state index contributed by atoms with van der Waals surface area (Å²) in [6.07, 6.45) is -0.750. The highest BCUT2D eigenvalue weighted by Gasteiger charge is 2.23. The maximum atomic E-state index is 13.1. The van der Waals surface area contributed by atoms with Crippen molar-refractivity contribution in [2.75, 3.05) is 23.3 Å². The molecule has 0 fully saturated rings. The molecule has 0 bridgehead atoms. The Morgan fingerprint density at radius 2 is 1.53 bits per heavy atom. The van der Waals surface area contributed by atoms with Gasteiger partial charge in [-0.1, -0.05) is 18.2 Å². The lowest BCUT2D eigenvalue weighted by Crippen LogP contribution is -2.31. The van der Waals surface area contributed by atoms with Crippen LogP contribution in [0.3, 0.4) is 0 Å². The number of carbonyl (C=O) groups excluding carboxylic acids is 1. The lowest BCUT2D eigenvalue weighted by atomic mass is 10.3. The second kappa shape index (κ2) is 10.2. The Balaban J connectivity index is 1.67. The van der Waals surface area contributed by atoms with Gasteiger partial charge in [-0.05, 0) is 74.5 Å². The third kappa shape index (κ3) is 5.39. The van der Waals surface area contributed by atoms with Crippen LogP contribution in [0.25, 0.3) is 0 Å². The highest BCUT2D eigenvalue weighted by molar-refractivity contribution is 7.92. The number of amides is 1. The van der Waals surface area contributed by atoms with Crippen molar-refractivity contribution in [3.8, 4) is 11.5 Å². The van der Waals surface area contributed by atoms with Crippen LogP contribution in [-0.2, 0) is 14.8 Å². The molecule has 0 saturated heterocycles. The standard InChI is InChI=1S/C24H26N2O5S/c1-4-26(20-8-6-5-7-9-20)32(28,29)23-16-10-19(11-17-23)25-24(27)18(2)31-22-14-12-21(30-3)13-15-22/h5-18H,4H2,1-3H3,(H,25,27). The molecule has 1 amide bonds. The summed E-state index contributed by atoms with van der Waals surface area (Å²) in [7, 11) is -2.15. The Kier molecular flexibility index (Phi) is 7.37. The highest BCUT2D eigenvalue weighted by atomic mass is 32.2. The van der Waals surface area contributed by atoms with E-state index in [4.69, 9.17) is 9.47 Å². The summed E-state index contributed by atoms with van der Waals surface area (Å²) < 4.78 is 38.2. The molecule has 0 aromatic heterocycles. The number of benzene rings is 3. The zero-order valence-electron chi connectivity index (χ0n) is 18.2. The van der Waals surface area contributed by atoms with E-state index < -0.39 is 16.1 Å². The van der Waals surface area contributed by atoms with Crippen LogP contribution in [0, 0.1) is 0 Å². The Hall–Kier alpha value is -3.52. The molecular weight excluding hydrogens is 428 g/mol. The van der Waals surface area contributed by atoms with Gasteiger partial charge in [0.1, 0.15) is 11.5 Å². The zero-order chi connectivity index (χ0) is 23.1. The SMILES string of the molecule is CCN(c1ccccc1)S(=O)(=O)c1ccc(NC(=O)C(C)Oc2ccc(OC)cc2)cc1. The van der Waals surface area contributed by atoms with Crippen molar-refractivity contribution in [3.63, 3.8) is 0 Å². The number of anilines is 2. The molecule has 0 aliphatic rings. The number of hydrogen-bond acceptors (Lipinski definition) is 5. The predicted molar refractivity (Wildman–Crippen MR) is 125 cm³/mol. The molecular formula is C24H26N2O5S. The number of carbonyl (C=O) groups is 1. The third-order valence-electron chi connectivity index (χ3n) is 4.78. The molecule has 32 heavy (non-hydrogen) atoms. The second-order valence-electron chi connectivity index (χ2n) is 6.95. The molecule has 1 unspecified atom stereocenters. The Morgan fingerprint density at radius 1 is 0.938 bits per heavy atom. The number of nitrogens with one attached hydrogen (secondary N) is 1. The van der Waals surface area contributed by atoms with E-state index in [1.54, 1.807) is 81.6 Å². The van der Waals surface area contributed by atoms with Gasteiger partial charge in [-0.25, -0.2) is 8.42 Å². The molecule has 8 heteroatoms. The van der Waals surface area contributed by atoms with Crippen molar-refractivity contribution < 1.29 is 22.7 Å². The Morgan fingerprint density at radius 3 is 2.09 bits per heavy atom. The molecule has 7 nitrogen and oxygen atoms in total. The average Bonchev–Trinajstić information content (AvgIpc) is 2.81. The minimum Gasteiger partial charge on any atom is -0.497 e. The van der Waals surface area contributed by atoms with Gasteiger partial charge in [0.05, 0.1) is 17.7 Å². The minimum atomic E-state index is -3.73. The summed E-state index contributed by atoms with van der Waals surface area (Å²) in [5.41, 5.74) is 1.07. The van der Waals surface area contributed by atoms with E-state index in [-0.39, 0.29) is 10.8 Å². The van der Waals surface area contributed by atoms with Crippen LogP contribution in [0.15, 0.2) is 83.8 Å². The average molecular weight is 455 g/mol. The molecule has 0 heterocycles. The maximum Gasteiger partial charge on any atom is 0.265 e. The van der Waals surface area contributed by atoms with Crippen LogP contribution >= 0.6 is 0 Å². The van der Waals surface area contributed by atoms with Crippen LogP contribution < -0.4 is 19.1 Å². The number of rotatable bonds is 9. The Bertz CT molecular complexity index is 1130. The quantitative estimate of drug-likeness (QED) is 0.521. The molecule has 3 rings (SSSR count). The molecule has 3 aromatic rings. The van der Waals surface area contributed by atoms with Crippen molar-refractivity contribution in [2.24, 2.45) is 0 Å². The van der Waals surface area contributed by atoms with Crippen LogP contribution in [0.4, 0.5) is 11.4 Å². The minimum absolute atomic E-state index is 0.142. The first-order valence-electron chi connectivity index (χ1n) is 10.1. The summed E-state index contributed by atoms with van der Waals surface area (Å²) >= 11 is 0. The first-order valence-corrected chi connectivity index (χ1v) is 11.6. The first-order chi connectivity index (χ1) is 15.3. The smallest absolute Gasteiger partial charge is 0.265 e.